The molecule has 0 aromatic heterocycles. The predicted octanol–water partition coefficient (Wildman–Crippen LogP) is 4.42. The van der Waals surface area contributed by atoms with Gasteiger partial charge in [0.1, 0.15) is 10.6 Å². The third-order valence-electron chi connectivity index (χ3n) is 5.95. The van der Waals surface area contributed by atoms with E-state index in [-0.39, 0.29) is 22.6 Å². The Kier molecular flexibility index (Phi) is 7.38. The summed E-state index contributed by atoms with van der Waals surface area (Å²) < 4.78 is 33.5. The highest BCUT2D eigenvalue weighted by molar-refractivity contribution is 7.89. The molecule has 0 bridgehead atoms. The highest BCUT2D eigenvalue weighted by Crippen LogP contribution is 2.32. The van der Waals surface area contributed by atoms with E-state index in [0.717, 1.165) is 23.2 Å². The van der Waals surface area contributed by atoms with Crippen molar-refractivity contribution in [1.29, 1.82) is 0 Å². The minimum Gasteiger partial charge on any atom is -0.495 e. The Bertz CT molecular complexity index is 1030. The van der Waals surface area contributed by atoms with Crippen LogP contribution in [-0.4, -0.2) is 38.8 Å². The van der Waals surface area contributed by atoms with Crippen molar-refractivity contribution in [1.82, 2.24) is 4.31 Å². The summed E-state index contributed by atoms with van der Waals surface area (Å²) in [4.78, 5) is 13.0. The number of hydrogen-bond acceptors (Lipinski definition) is 4. The Morgan fingerprint density at radius 3 is 2.45 bits per heavy atom. The van der Waals surface area contributed by atoms with Crippen molar-refractivity contribution in [3.8, 4) is 5.75 Å². The summed E-state index contributed by atoms with van der Waals surface area (Å²) in [5, 5.41) is 3.03. The molecule has 0 spiro atoms. The van der Waals surface area contributed by atoms with Gasteiger partial charge in [-0.1, -0.05) is 45.0 Å². The van der Waals surface area contributed by atoms with E-state index in [0.29, 0.717) is 31.7 Å². The van der Waals surface area contributed by atoms with Gasteiger partial charge in [0.05, 0.1) is 7.11 Å². The van der Waals surface area contributed by atoms with Crippen LogP contribution < -0.4 is 10.1 Å². The van der Waals surface area contributed by atoms with Crippen LogP contribution >= 0.6 is 0 Å². The van der Waals surface area contributed by atoms with E-state index >= 15 is 0 Å². The molecule has 1 heterocycles. The van der Waals surface area contributed by atoms with Gasteiger partial charge in [0.15, 0.2) is 0 Å². The van der Waals surface area contributed by atoms with E-state index in [1.165, 1.54) is 11.4 Å². The van der Waals surface area contributed by atoms with Gasteiger partial charge in [-0.2, -0.15) is 4.31 Å². The average molecular weight is 445 g/mol. The number of anilines is 1. The second kappa shape index (κ2) is 9.83. The lowest BCUT2D eigenvalue weighted by Gasteiger charge is -2.31. The fourth-order valence-corrected chi connectivity index (χ4v) is 5.60. The van der Waals surface area contributed by atoms with Gasteiger partial charge in [-0.15, -0.1) is 0 Å². The molecule has 1 aliphatic rings. The molecule has 1 fully saturated rings. The second-order valence-electron chi connectivity index (χ2n) is 8.24. The van der Waals surface area contributed by atoms with Gasteiger partial charge >= 0.3 is 0 Å². The second-order valence-corrected chi connectivity index (χ2v) is 10.1. The number of piperidine rings is 1. The van der Waals surface area contributed by atoms with Crippen LogP contribution in [0.1, 0.15) is 50.7 Å². The van der Waals surface area contributed by atoms with Gasteiger partial charge in [0.2, 0.25) is 15.9 Å². The molecular weight excluding hydrogens is 412 g/mol. The smallest absolute Gasteiger partial charge is 0.246 e. The summed E-state index contributed by atoms with van der Waals surface area (Å²) in [7, 11) is -2.22. The first-order valence-corrected chi connectivity index (χ1v) is 12.3. The highest BCUT2D eigenvalue weighted by Gasteiger charge is 2.34. The van der Waals surface area contributed by atoms with E-state index in [1.807, 2.05) is 44.2 Å². The Labute approximate surface area is 185 Å². The Balaban J connectivity index is 1.71. The zero-order chi connectivity index (χ0) is 22.6. The Morgan fingerprint density at radius 2 is 1.84 bits per heavy atom. The zero-order valence-corrected chi connectivity index (χ0v) is 19.5. The van der Waals surface area contributed by atoms with Crippen LogP contribution in [0.5, 0.6) is 5.75 Å². The molecule has 31 heavy (non-hydrogen) atoms. The fourth-order valence-electron chi connectivity index (χ4n) is 3.94. The summed E-state index contributed by atoms with van der Waals surface area (Å²) in [5.41, 5.74) is 2.87. The van der Waals surface area contributed by atoms with E-state index in [1.54, 1.807) is 12.1 Å². The number of nitrogens with one attached hydrogen (secondary N) is 1. The van der Waals surface area contributed by atoms with Crippen molar-refractivity contribution in [3.05, 3.63) is 53.6 Å². The van der Waals surface area contributed by atoms with E-state index in [2.05, 4.69) is 12.2 Å². The summed E-state index contributed by atoms with van der Waals surface area (Å²) in [5.74, 6) is 0.304. The molecule has 3 rings (SSSR count). The number of carbonyl (C=O) groups is 1. The largest absolute Gasteiger partial charge is 0.495 e. The van der Waals surface area contributed by atoms with Crippen molar-refractivity contribution in [2.45, 2.75) is 50.8 Å². The highest BCUT2D eigenvalue weighted by atomic mass is 32.2. The monoisotopic (exact) mass is 444 g/mol. The number of benzene rings is 2. The molecule has 1 aliphatic heterocycles. The van der Waals surface area contributed by atoms with Crippen molar-refractivity contribution in [2.24, 2.45) is 5.92 Å². The lowest BCUT2D eigenvalue weighted by Crippen LogP contribution is -2.41. The number of hydrogen-bond donors (Lipinski definition) is 1. The molecule has 0 saturated carbocycles. The maximum Gasteiger partial charge on any atom is 0.246 e. The normalized spacial score (nSPS) is 15.8. The number of methoxy groups -OCH3 is 1. The number of para-hydroxylation sites is 1. The van der Waals surface area contributed by atoms with Crippen molar-refractivity contribution in [2.75, 3.05) is 25.5 Å². The molecule has 0 aliphatic carbocycles. The molecule has 0 atom stereocenters. The minimum absolute atomic E-state index is 0.0441. The molecule has 1 amide bonds. The minimum atomic E-state index is -3.70. The SMILES string of the molecule is CCc1ccccc1NC(=O)C1CCN(S(=O)(=O)c2cc(C(C)C)ccc2OC)CC1. The van der Waals surface area contributed by atoms with Gasteiger partial charge in [-0.25, -0.2) is 8.42 Å². The number of rotatable bonds is 7. The molecule has 1 saturated heterocycles. The molecule has 2 aromatic carbocycles. The molecule has 7 heteroatoms. The van der Waals surface area contributed by atoms with E-state index in [9.17, 15) is 13.2 Å². The topological polar surface area (TPSA) is 75.7 Å². The summed E-state index contributed by atoms with van der Waals surface area (Å²) >= 11 is 0. The van der Waals surface area contributed by atoms with Crippen molar-refractivity contribution >= 4 is 21.6 Å². The van der Waals surface area contributed by atoms with Crippen LogP contribution in [0.25, 0.3) is 0 Å². The zero-order valence-electron chi connectivity index (χ0n) is 18.7. The third kappa shape index (κ3) is 5.10. The molecule has 6 nitrogen and oxygen atoms in total. The first kappa shape index (κ1) is 23.3. The predicted molar refractivity (Wildman–Crippen MR) is 123 cm³/mol. The lowest BCUT2D eigenvalue weighted by molar-refractivity contribution is -0.120. The molecule has 0 radical (unpaired) electrons. The van der Waals surface area contributed by atoms with E-state index in [4.69, 9.17) is 4.74 Å². The first-order chi connectivity index (χ1) is 14.8. The van der Waals surface area contributed by atoms with Crippen LogP contribution in [0.4, 0.5) is 5.69 Å². The maximum atomic E-state index is 13.3. The van der Waals surface area contributed by atoms with Gasteiger partial charge in [0.25, 0.3) is 0 Å². The number of amides is 1. The van der Waals surface area contributed by atoms with E-state index < -0.39 is 10.0 Å². The number of aryl methyl sites for hydroxylation is 1. The lowest BCUT2D eigenvalue weighted by atomic mass is 9.97. The van der Waals surface area contributed by atoms with Gasteiger partial charge in [-0.3, -0.25) is 4.79 Å². The molecule has 168 valence electrons. The van der Waals surface area contributed by atoms with Gasteiger partial charge in [0, 0.05) is 24.7 Å². The van der Waals surface area contributed by atoms with Crippen LogP contribution in [0.15, 0.2) is 47.4 Å². The first-order valence-electron chi connectivity index (χ1n) is 10.8. The molecule has 1 N–H and O–H groups in total. The summed E-state index contributed by atoms with van der Waals surface area (Å²) in [6, 6.07) is 13.1. The molecular formula is C24H32N2O4S. The van der Waals surface area contributed by atoms with Crippen molar-refractivity contribution in [3.63, 3.8) is 0 Å². The number of carbonyl (C=O) groups excluding carboxylic acids is 1. The Morgan fingerprint density at radius 1 is 1.16 bits per heavy atom. The van der Waals surface area contributed by atoms with Crippen molar-refractivity contribution < 1.29 is 17.9 Å². The number of sulfonamides is 1. The van der Waals surface area contributed by atoms with Gasteiger partial charge in [-0.05, 0) is 54.5 Å². The van der Waals surface area contributed by atoms with Crippen LogP contribution in [0, 0.1) is 5.92 Å². The standard InChI is InChI=1S/C24H32N2O4S/c1-5-18-8-6-7-9-21(18)25-24(27)19-12-14-26(15-13-19)31(28,29)23-16-20(17(2)3)10-11-22(23)30-4/h6-11,16-17,19H,5,12-15H2,1-4H3,(H,25,27). The fraction of sp³-hybridized carbons (Fsp3) is 0.458. The number of ether oxygens (including phenoxy) is 1. The number of nitrogens with zero attached hydrogens (tertiary/aromatic N) is 1. The Hall–Kier alpha value is -2.38. The van der Waals surface area contributed by atoms with Crippen LogP contribution in [0.2, 0.25) is 0 Å². The summed E-state index contributed by atoms with van der Waals surface area (Å²) in [6.07, 6.45) is 1.82. The third-order valence-corrected chi connectivity index (χ3v) is 7.87. The molecule has 2 aromatic rings. The quantitative estimate of drug-likeness (QED) is 0.686. The van der Waals surface area contributed by atoms with Crippen LogP contribution in [0.3, 0.4) is 0 Å². The average Bonchev–Trinajstić information content (AvgIpc) is 2.78. The summed E-state index contributed by atoms with van der Waals surface area (Å²) in [6.45, 7) is 6.73. The van der Waals surface area contributed by atoms with Gasteiger partial charge < -0.3 is 10.1 Å². The molecule has 0 unspecified atom stereocenters. The van der Waals surface area contributed by atoms with Crippen LogP contribution in [-0.2, 0) is 21.2 Å². The maximum absolute atomic E-state index is 13.3.